The summed E-state index contributed by atoms with van der Waals surface area (Å²) >= 11 is 0. The second-order valence-electron chi connectivity index (χ2n) is 6.68. The summed E-state index contributed by atoms with van der Waals surface area (Å²) in [7, 11) is -3.89. The summed E-state index contributed by atoms with van der Waals surface area (Å²) in [4.78, 5) is 47.1. The third kappa shape index (κ3) is 7.81. The first-order valence-electron chi connectivity index (χ1n) is 9.30. The van der Waals surface area contributed by atoms with Gasteiger partial charge in [0.1, 0.15) is 6.04 Å². The Bertz CT molecular complexity index is 1090. The first-order valence-corrected chi connectivity index (χ1v) is 10.8. The van der Waals surface area contributed by atoms with E-state index in [0.29, 0.717) is 0 Å². The Labute approximate surface area is 184 Å². The van der Waals surface area contributed by atoms with E-state index in [2.05, 4.69) is 16.0 Å². The summed E-state index contributed by atoms with van der Waals surface area (Å²) in [5.74, 6) is -3.23. The molecule has 0 spiro atoms. The Morgan fingerprint density at radius 2 is 1.47 bits per heavy atom. The summed E-state index contributed by atoms with van der Waals surface area (Å²) in [5.41, 5.74) is 0.831. The average Bonchev–Trinajstić information content (AvgIpc) is 2.75. The largest absolute Gasteiger partial charge is 0.480 e. The first kappa shape index (κ1) is 24.5. The summed E-state index contributed by atoms with van der Waals surface area (Å²) in [6.07, 6.45) is 0.0795. The summed E-state index contributed by atoms with van der Waals surface area (Å²) in [6, 6.07) is 12.4. The van der Waals surface area contributed by atoms with Crippen LogP contribution in [0.15, 0.2) is 59.5 Å². The van der Waals surface area contributed by atoms with E-state index in [1.165, 1.54) is 12.1 Å². The van der Waals surface area contributed by atoms with E-state index in [4.69, 9.17) is 5.14 Å². The van der Waals surface area contributed by atoms with Gasteiger partial charge in [0.15, 0.2) is 0 Å². The molecule has 11 nitrogen and oxygen atoms in total. The standard InChI is InChI=1S/C20H22N4O7S/c21-32(30,31)15-8-6-14(7-9-15)19(27)23-11-17(25)22-12-18(26)24-16(20(28)29)10-13-4-2-1-3-5-13/h1-9,16H,10-12H2,(H,22,25)(H,23,27)(H,24,26)(H,28,29)(H2,21,30,31). The molecule has 0 bridgehead atoms. The second-order valence-corrected chi connectivity index (χ2v) is 8.24. The van der Waals surface area contributed by atoms with Gasteiger partial charge in [-0.15, -0.1) is 0 Å². The van der Waals surface area contributed by atoms with Crippen LogP contribution in [-0.4, -0.2) is 56.3 Å². The number of benzene rings is 2. The van der Waals surface area contributed by atoms with Crippen molar-refractivity contribution in [3.8, 4) is 0 Å². The molecule has 1 unspecified atom stereocenters. The molecule has 170 valence electrons. The minimum absolute atomic E-state index is 0.0795. The smallest absolute Gasteiger partial charge is 0.326 e. The number of carbonyl (C=O) groups excluding carboxylic acids is 3. The lowest BCUT2D eigenvalue weighted by atomic mass is 10.1. The van der Waals surface area contributed by atoms with Crippen molar-refractivity contribution in [1.82, 2.24) is 16.0 Å². The van der Waals surface area contributed by atoms with Gasteiger partial charge < -0.3 is 21.1 Å². The second kappa shape index (κ2) is 11.0. The molecule has 2 rings (SSSR count). The Hall–Kier alpha value is -3.77. The van der Waals surface area contributed by atoms with Gasteiger partial charge in [0.2, 0.25) is 21.8 Å². The molecule has 0 heterocycles. The van der Waals surface area contributed by atoms with Crippen molar-refractivity contribution in [2.24, 2.45) is 5.14 Å². The van der Waals surface area contributed by atoms with E-state index >= 15 is 0 Å². The predicted molar refractivity (Wildman–Crippen MR) is 113 cm³/mol. The highest BCUT2D eigenvalue weighted by Crippen LogP contribution is 2.08. The number of aliphatic carboxylic acids is 1. The molecule has 0 saturated heterocycles. The van der Waals surface area contributed by atoms with Gasteiger partial charge in [0, 0.05) is 12.0 Å². The van der Waals surface area contributed by atoms with E-state index < -0.39 is 52.8 Å². The van der Waals surface area contributed by atoms with Crippen LogP contribution in [-0.2, 0) is 30.8 Å². The van der Waals surface area contributed by atoms with Gasteiger partial charge in [-0.25, -0.2) is 18.4 Å². The zero-order chi connectivity index (χ0) is 23.7. The molecule has 0 aliphatic carbocycles. The van der Waals surface area contributed by atoms with Crippen LogP contribution in [0.1, 0.15) is 15.9 Å². The minimum atomic E-state index is -3.89. The maximum absolute atomic E-state index is 12.0. The van der Waals surface area contributed by atoms with Crippen molar-refractivity contribution >= 4 is 33.7 Å². The van der Waals surface area contributed by atoms with E-state index in [9.17, 15) is 32.7 Å². The maximum atomic E-state index is 12.0. The SMILES string of the molecule is NS(=O)(=O)c1ccc(C(=O)NCC(=O)NCC(=O)NC(Cc2ccccc2)C(=O)O)cc1. The molecule has 1 atom stereocenters. The van der Waals surface area contributed by atoms with Crippen molar-refractivity contribution in [2.45, 2.75) is 17.4 Å². The Morgan fingerprint density at radius 1 is 0.875 bits per heavy atom. The van der Waals surface area contributed by atoms with Crippen LogP contribution in [0.2, 0.25) is 0 Å². The van der Waals surface area contributed by atoms with Gasteiger partial charge >= 0.3 is 5.97 Å². The first-order chi connectivity index (χ1) is 15.1. The van der Waals surface area contributed by atoms with Crippen LogP contribution in [0, 0.1) is 0 Å². The molecule has 32 heavy (non-hydrogen) atoms. The van der Waals surface area contributed by atoms with Gasteiger partial charge in [-0.3, -0.25) is 14.4 Å². The molecule has 12 heteroatoms. The lowest BCUT2D eigenvalue weighted by Gasteiger charge is -2.15. The highest BCUT2D eigenvalue weighted by atomic mass is 32.2. The van der Waals surface area contributed by atoms with Crippen LogP contribution in [0.4, 0.5) is 0 Å². The van der Waals surface area contributed by atoms with Crippen molar-refractivity contribution < 1.29 is 32.7 Å². The molecule has 0 aliphatic heterocycles. The normalized spacial score (nSPS) is 11.8. The lowest BCUT2D eigenvalue weighted by molar-refractivity contribution is -0.141. The van der Waals surface area contributed by atoms with Crippen LogP contribution in [0.25, 0.3) is 0 Å². The Kier molecular flexibility index (Phi) is 8.44. The molecule has 3 amide bonds. The third-order valence-corrected chi connectivity index (χ3v) is 5.15. The molecule has 0 aliphatic rings. The number of hydrogen-bond acceptors (Lipinski definition) is 6. The highest BCUT2D eigenvalue weighted by Gasteiger charge is 2.20. The van der Waals surface area contributed by atoms with Crippen LogP contribution >= 0.6 is 0 Å². The highest BCUT2D eigenvalue weighted by molar-refractivity contribution is 7.89. The minimum Gasteiger partial charge on any atom is -0.480 e. The maximum Gasteiger partial charge on any atom is 0.326 e. The van der Waals surface area contributed by atoms with E-state index in [0.717, 1.165) is 17.7 Å². The van der Waals surface area contributed by atoms with Crippen molar-refractivity contribution in [1.29, 1.82) is 0 Å². The van der Waals surface area contributed by atoms with Gasteiger partial charge in [0.25, 0.3) is 5.91 Å². The number of sulfonamides is 1. The van der Waals surface area contributed by atoms with Gasteiger partial charge in [-0.1, -0.05) is 30.3 Å². The molecular formula is C20H22N4O7S. The van der Waals surface area contributed by atoms with Gasteiger partial charge in [-0.2, -0.15) is 0 Å². The summed E-state index contributed by atoms with van der Waals surface area (Å²) < 4.78 is 22.4. The molecule has 0 fully saturated rings. The van der Waals surface area contributed by atoms with Crippen molar-refractivity contribution in [3.63, 3.8) is 0 Å². The van der Waals surface area contributed by atoms with Crippen LogP contribution in [0.3, 0.4) is 0 Å². The van der Waals surface area contributed by atoms with Crippen LogP contribution < -0.4 is 21.1 Å². The summed E-state index contributed by atoms with van der Waals surface area (Å²) in [6.45, 7) is -0.925. The van der Waals surface area contributed by atoms with Gasteiger partial charge in [-0.05, 0) is 29.8 Å². The quantitative estimate of drug-likeness (QED) is 0.299. The van der Waals surface area contributed by atoms with Crippen LogP contribution in [0.5, 0.6) is 0 Å². The van der Waals surface area contributed by atoms with E-state index in [-0.39, 0.29) is 16.9 Å². The number of nitrogens with two attached hydrogens (primary N) is 1. The third-order valence-electron chi connectivity index (χ3n) is 4.22. The fraction of sp³-hybridized carbons (Fsp3) is 0.200. The number of carboxylic acid groups (broad SMARTS) is 1. The number of nitrogens with one attached hydrogen (secondary N) is 3. The number of hydrogen-bond donors (Lipinski definition) is 5. The Balaban J connectivity index is 1.78. The van der Waals surface area contributed by atoms with Crippen molar-refractivity contribution in [3.05, 3.63) is 65.7 Å². The molecule has 6 N–H and O–H groups in total. The molecule has 2 aromatic carbocycles. The number of rotatable bonds is 10. The van der Waals surface area contributed by atoms with E-state index in [1.807, 2.05) is 0 Å². The molecular weight excluding hydrogens is 440 g/mol. The molecule has 0 saturated carbocycles. The Morgan fingerprint density at radius 3 is 2.03 bits per heavy atom. The summed E-state index contributed by atoms with van der Waals surface area (Å²) in [5, 5.41) is 21.2. The topological polar surface area (TPSA) is 185 Å². The average molecular weight is 462 g/mol. The van der Waals surface area contributed by atoms with Gasteiger partial charge in [0.05, 0.1) is 18.0 Å². The number of carboxylic acids is 1. The number of carbonyl (C=O) groups is 4. The van der Waals surface area contributed by atoms with Crippen molar-refractivity contribution in [2.75, 3.05) is 13.1 Å². The monoisotopic (exact) mass is 462 g/mol. The fourth-order valence-corrected chi connectivity index (χ4v) is 3.11. The molecule has 0 radical (unpaired) electrons. The predicted octanol–water partition coefficient (Wildman–Crippen LogP) is -1.01. The van der Waals surface area contributed by atoms with E-state index in [1.54, 1.807) is 30.3 Å². The molecule has 0 aromatic heterocycles. The zero-order valence-corrected chi connectivity index (χ0v) is 17.6. The lowest BCUT2D eigenvalue weighted by Crippen LogP contribution is -2.47. The number of primary sulfonamides is 1. The molecule has 2 aromatic rings. The number of amides is 3. The zero-order valence-electron chi connectivity index (χ0n) is 16.8. The fourth-order valence-electron chi connectivity index (χ4n) is 2.60.